The molecule has 3 nitrogen and oxygen atoms in total. The third-order valence-corrected chi connectivity index (χ3v) is 8.47. The highest BCUT2D eigenvalue weighted by molar-refractivity contribution is 9.10. The Morgan fingerprint density at radius 3 is 2.30 bits per heavy atom. The van der Waals surface area contributed by atoms with Gasteiger partial charge in [-0.05, 0) is 80.0 Å². The molecule has 160 valence electrons. The molecule has 0 atom stereocenters. The third kappa shape index (κ3) is 4.11. The van der Waals surface area contributed by atoms with Crippen LogP contribution in [0.5, 0.6) is 11.5 Å². The van der Waals surface area contributed by atoms with Crippen LogP contribution in [0, 0.1) is 17.8 Å². The minimum absolute atomic E-state index is 0.348. The molecule has 30 heavy (non-hydrogen) atoms. The van der Waals surface area contributed by atoms with Crippen LogP contribution < -0.4 is 14.8 Å². The molecule has 0 aromatic heterocycles. The van der Waals surface area contributed by atoms with E-state index in [2.05, 4.69) is 27.3 Å². The molecule has 0 spiro atoms. The number of halogens is 2. The van der Waals surface area contributed by atoms with Crippen molar-refractivity contribution in [2.75, 3.05) is 7.11 Å². The van der Waals surface area contributed by atoms with Gasteiger partial charge in [-0.1, -0.05) is 45.7 Å². The molecule has 6 rings (SSSR count). The highest BCUT2D eigenvalue weighted by atomic mass is 79.9. The van der Waals surface area contributed by atoms with E-state index in [0.29, 0.717) is 17.2 Å². The zero-order chi connectivity index (χ0) is 20.7. The van der Waals surface area contributed by atoms with Gasteiger partial charge in [-0.25, -0.2) is 0 Å². The van der Waals surface area contributed by atoms with E-state index in [1.54, 1.807) is 7.11 Å². The average molecular weight is 491 g/mol. The summed E-state index contributed by atoms with van der Waals surface area (Å²) in [5.41, 5.74) is 2.53. The number of methoxy groups -OCH3 is 1. The summed E-state index contributed by atoms with van der Waals surface area (Å²) in [5, 5.41) is 4.69. The molecule has 0 aliphatic heterocycles. The molecule has 4 fully saturated rings. The summed E-state index contributed by atoms with van der Waals surface area (Å²) >= 11 is 10.0. The number of ether oxygens (including phenoxy) is 2. The predicted octanol–water partition coefficient (Wildman–Crippen LogP) is 6.75. The first-order valence-corrected chi connectivity index (χ1v) is 12.2. The van der Waals surface area contributed by atoms with E-state index in [1.807, 2.05) is 30.3 Å². The first kappa shape index (κ1) is 20.7. The average Bonchev–Trinajstić information content (AvgIpc) is 2.71. The van der Waals surface area contributed by atoms with Gasteiger partial charge in [0.2, 0.25) is 0 Å². The topological polar surface area (TPSA) is 30.5 Å². The molecule has 0 saturated heterocycles. The van der Waals surface area contributed by atoms with Gasteiger partial charge in [0.05, 0.1) is 7.11 Å². The lowest BCUT2D eigenvalue weighted by atomic mass is 9.53. The Morgan fingerprint density at radius 1 is 1.00 bits per heavy atom. The summed E-state index contributed by atoms with van der Waals surface area (Å²) in [7, 11) is 1.70. The number of hydrogen-bond acceptors (Lipinski definition) is 3. The second-order valence-electron chi connectivity index (χ2n) is 9.53. The quantitative estimate of drug-likeness (QED) is 0.466. The van der Waals surface area contributed by atoms with Gasteiger partial charge >= 0.3 is 0 Å². The van der Waals surface area contributed by atoms with Crippen LogP contribution in [0.4, 0.5) is 0 Å². The standard InChI is InChI=1S/C25H29BrClNO2/c1-29-23-9-20(14-28-25-11-16-6-17(12-25)8-18(7-16)13-25)21(26)10-24(23)30-15-19-4-2-3-5-22(19)27/h2-5,9-10,16-18,28H,6-8,11-15H2,1H3. The first-order chi connectivity index (χ1) is 14.5. The van der Waals surface area contributed by atoms with Crippen LogP contribution in [-0.4, -0.2) is 12.6 Å². The highest BCUT2D eigenvalue weighted by Gasteiger charge is 2.50. The van der Waals surface area contributed by atoms with Crippen molar-refractivity contribution in [3.63, 3.8) is 0 Å². The van der Waals surface area contributed by atoms with Gasteiger partial charge in [0.15, 0.2) is 11.5 Å². The van der Waals surface area contributed by atoms with Crippen LogP contribution in [0.3, 0.4) is 0 Å². The van der Waals surface area contributed by atoms with Crippen LogP contribution in [0.15, 0.2) is 40.9 Å². The van der Waals surface area contributed by atoms with Crippen molar-refractivity contribution in [3.8, 4) is 11.5 Å². The monoisotopic (exact) mass is 489 g/mol. The summed E-state index contributed by atoms with van der Waals surface area (Å²) in [4.78, 5) is 0. The minimum atomic E-state index is 0.348. The Kier molecular flexibility index (Phi) is 5.76. The van der Waals surface area contributed by atoms with E-state index in [9.17, 15) is 0 Å². The van der Waals surface area contributed by atoms with Crippen molar-refractivity contribution in [1.29, 1.82) is 0 Å². The fraction of sp³-hybridized carbons (Fsp3) is 0.520. The maximum atomic E-state index is 6.26. The summed E-state index contributed by atoms with van der Waals surface area (Å²) in [6.07, 6.45) is 8.47. The van der Waals surface area contributed by atoms with Gasteiger partial charge in [0.25, 0.3) is 0 Å². The van der Waals surface area contributed by atoms with Crippen LogP contribution in [0.2, 0.25) is 5.02 Å². The smallest absolute Gasteiger partial charge is 0.162 e. The first-order valence-electron chi connectivity index (χ1n) is 11.0. The van der Waals surface area contributed by atoms with E-state index < -0.39 is 0 Å². The van der Waals surface area contributed by atoms with Crippen LogP contribution >= 0.6 is 27.5 Å². The Morgan fingerprint density at radius 2 is 1.67 bits per heavy atom. The Labute approximate surface area is 192 Å². The van der Waals surface area contributed by atoms with Crippen LogP contribution in [0.1, 0.15) is 49.7 Å². The summed E-state index contributed by atoms with van der Waals surface area (Å²) < 4.78 is 12.7. The molecule has 0 radical (unpaired) electrons. The fourth-order valence-corrected chi connectivity index (χ4v) is 7.02. The largest absolute Gasteiger partial charge is 0.493 e. The zero-order valence-corrected chi connectivity index (χ0v) is 19.8. The van der Waals surface area contributed by atoms with Crippen molar-refractivity contribution in [3.05, 3.63) is 57.0 Å². The van der Waals surface area contributed by atoms with Crippen LogP contribution in [0.25, 0.3) is 0 Å². The summed E-state index contributed by atoms with van der Waals surface area (Å²) in [6, 6.07) is 11.9. The molecule has 2 aromatic rings. The van der Waals surface area contributed by atoms with Gasteiger partial charge in [0.1, 0.15) is 6.61 Å². The molecular weight excluding hydrogens is 462 g/mol. The molecular formula is C25H29BrClNO2. The highest BCUT2D eigenvalue weighted by Crippen LogP contribution is 2.55. The van der Waals surface area contributed by atoms with Crippen molar-refractivity contribution < 1.29 is 9.47 Å². The lowest BCUT2D eigenvalue weighted by molar-refractivity contribution is -0.0206. The van der Waals surface area contributed by atoms with E-state index in [-0.39, 0.29) is 0 Å². The lowest BCUT2D eigenvalue weighted by Gasteiger charge is -2.57. The summed E-state index contributed by atoms with van der Waals surface area (Å²) in [5.74, 6) is 4.32. The number of benzene rings is 2. The molecule has 0 amide bonds. The van der Waals surface area contributed by atoms with E-state index in [4.69, 9.17) is 21.1 Å². The molecule has 4 saturated carbocycles. The predicted molar refractivity (Wildman–Crippen MR) is 124 cm³/mol. The number of nitrogens with one attached hydrogen (secondary N) is 1. The van der Waals surface area contributed by atoms with E-state index in [1.165, 1.54) is 44.1 Å². The maximum absolute atomic E-state index is 6.26. The van der Waals surface area contributed by atoms with Gasteiger partial charge < -0.3 is 14.8 Å². The second kappa shape index (κ2) is 8.37. The molecule has 0 unspecified atom stereocenters. The van der Waals surface area contributed by atoms with Crippen molar-refractivity contribution in [1.82, 2.24) is 5.32 Å². The molecule has 2 aromatic carbocycles. The lowest BCUT2D eigenvalue weighted by Crippen LogP contribution is -2.58. The number of hydrogen-bond donors (Lipinski definition) is 1. The second-order valence-corrected chi connectivity index (χ2v) is 10.8. The van der Waals surface area contributed by atoms with Gasteiger partial charge in [-0.2, -0.15) is 0 Å². The maximum Gasteiger partial charge on any atom is 0.162 e. The van der Waals surface area contributed by atoms with Gasteiger partial charge in [-0.15, -0.1) is 0 Å². The zero-order valence-electron chi connectivity index (χ0n) is 17.4. The van der Waals surface area contributed by atoms with E-state index >= 15 is 0 Å². The summed E-state index contributed by atoms with van der Waals surface area (Å²) in [6.45, 7) is 1.27. The van der Waals surface area contributed by atoms with E-state index in [0.717, 1.165) is 45.8 Å². The fourth-order valence-electron chi connectivity index (χ4n) is 6.37. The Hall–Kier alpha value is -1.23. The van der Waals surface area contributed by atoms with Crippen molar-refractivity contribution in [2.24, 2.45) is 17.8 Å². The molecule has 4 aliphatic rings. The number of rotatable bonds is 7. The third-order valence-electron chi connectivity index (χ3n) is 7.37. The van der Waals surface area contributed by atoms with Gasteiger partial charge in [-0.3, -0.25) is 0 Å². The molecule has 4 aliphatic carbocycles. The SMILES string of the molecule is COc1cc(CNC23CC4CC(CC(C4)C2)C3)c(Br)cc1OCc1ccccc1Cl. The minimum Gasteiger partial charge on any atom is -0.493 e. The Bertz CT molecular complexity index is 896. The van der Waals surface area contributed by atoms with Crippen molar-refractivity contribution in [2.45, 2.75) is 57.2 Å². The molecule has 0 heterocycles. The van der Waals surface area contributed by atoms with Crippen molar-refractivity contribution >= 4 is 27.5 Å². The molecule has 5 heteroatoms. The van der Waals surface area contributed by atoms with Crippen LogP contribution in [-0.2, 0) is 13.2 Å². The molecule has 1 N–H and O–H groups in total. The molecule has 4 bridgehead atoms. The van der Waals surface area contributed by atoms with Gasteiger partial charge in [0, 0.05) is 27.1 Å². The normalized spacial score (nSPS) is 29.2. The Balaban J connectivity index is 1.29.